The van der Waals surface area contributed by atoms with Crippen molar-refractivity contribution in [2.45, 2.75) is 26.7 Å². The van der Waals surface area contributed by atoms with Gasteiger partial charge in [-0.2, -0.15) is 0 Å². The van der Waals surface area contributed by atoms with Crippen LogP contribution in [-0.4, -0.2) is 38.8 Å². The topological polar surface area (TPSA) is 59.0 Å². The molecule has 2 heterocycles. The Bertz CT molecular complexity index is 549. The fraction of sp³-hybridized carbons (Fsp3) is 0.429. The number of amides is 1. The molecule has 0 aliphatic heterocycles. The van der Waals surface area contributed by atoms with Crippen LogP contribution in [0.3, 0.4) is 0 Å². The third kappa shape index (κ3) is 3.39. The van der Waals surface area contributed by atoms with Gasteiger partial charge < -0.3 is 4.90 Å². The molecule has 0 aliphatic rings. The van der Waals surface area contributed by atoms with Crippen molar-refractivity contribution in [1.82, 2.24) is 19.9 Å². The molecule has 0 bridgehead atoms. The number of carbonyl (C=O) groups is 1. The van der Waals surface area contributed by atoms with Crippen molar-refractivity contribution in [3.63, 3.8) is 0 Å². The van der Waals surface area contributed by atoms with Crippen LogP contribution in [0.1, 0.15) is 37.2 Å². The molecule has 0 fully saturated rings. The standard InChI is InChI=1S/C14H18N4OS/c1-3-7-18(8-4-2)14(19)12-10-20-13(17-12)11-9-15-5-6-16-11/h5-6,9-10H,3-4,7-8H2,1-2H3. The Kier molecular flexibility index (Phi) is 5.17. The highest BCUT2D eigenvalue weighted by atomic mass is 32.1. The molecule has 2 rings (SSSR count). The minimum atomic E-state index is 0.0000836. The Labute approximate surface area is 122 Å². The Balaban J connectivity index is 2.17. The summed E-state index contributed by atoms with van der Waals surface area (Å²) in [6.45, 7) is 5.68. The van der Waals surface area contributed by atoms with E-state index in [0.717, 1.165) is 30.9 Å². The third-order valence-electron chi connectivity index (χ3n) is 2.78. The number of carbonyl (C=O) groups excluding carboxylic acids is 1. The average molecular weight is 290 g/mol. The van der Waals surface area contributed by atoms with Crippen LogP contribution in [0.25, 0.3) is 10.7 Å². The Hall–Kier alpha value is -1.82. The second kappa shape index (κ2) is 7.09. The maximum Gasteiger partial charge on any atom is 0.273 e. The molecular formula is C14H18N4OS. The SMILES string of the molecule is CCCN(CCC)C(=O)c1csc(-c2cnccn2)n1. The lowest BCUT2D eigenvalue weighted by molar-refractivity contribution is 0.0750. The van der Waals surface area contributed by atoms with Crippen molar-refractivity contribution in [3.8, 4) is 10.7 Å². The molecule has 0 saturated carbocycles. The van der Waals surface area contributed by atoms with Crippen LogP contribution in [0.5, 0.6) is 0 Å². The predicted octanol–water partition coefficient (Wildman–Crippen LogP) is 2.86. The molecule has 0 N–H and O–H groups in total. The summed E-state index contributed by atoms with van der Waals surface area (Å²) < 4.78 is 0. The molecule has 6 heteroatoms. The third-order valence-corrected chi connectivity index (χ3v) is 3.64. The van der Waals surface area contributed by atoms with Crippen LogP contribution in [0, 0.1) is 0 Å². The highest BCUT2D eigenvalue weighted by molar-refractivity contribution is 7.13. The average Bonchev–Trinajstić information content (AvgIpc) is 2.97. The van der Waals surface area contributed by atoms with Crippen LogP contribution in [0.2, 0.25) is 0 Å². The maximum atomic E-state index is 12.4. The predicted molar refractivity (Wildman–Crippen MR) is 79.6 cm³/mol. The molecule has 0 atom stereocenters. The zero-order valence-electron chi connectivity index (χ0n) is 11.7. The largest absolute Gasteiger partial charge is 0.337 e. The molecular weight excluding hydrogens is 272 g/mol. The van der Waals surface area contributed by atoms with Crippen molar-refractivity contribution < 1.29 is 4.79 Å². The summed E-state index contributed by atoms with van der Waals surface area (Å²) in [4.78, 5) is 26.9. The van der Waals surface area contributed by atoms with E-state index >= 15 is 0 Å². The van der Waals surface area contributed by atoms with Gasteiger partial charge >= 0.3 is 0 Å². The van der Waals surface area contributed by atoms with E-state index in [9.17, 15) is 4.79 Å². The Morgan fingerprint density at radius 1 is 1.25 bits per heavy atom. The molecule has 0 aromatic carbocycles. The molecule has 0 saturated heterocycles. The normalized spacial score (nSPS) is 10.5. The molecule has 2 aromatic heterocycles. The van der Waals surface area contributed by atoms with E-state index in [1.54, 1.807) is 24.0 Å². The summed E-state index contributed by atoms with van der Waals surface area (Å²) in [5.41, 5.74) is 1.20. The Morgan fingerprint density at radius 2 is 2.00 bits per heavy atom. The van der Waals surface area contributed by atoms with Gasteiger partial charge in [0.1, 0.15) is 16.4 Å². The second-order valence-corrected chi connectivity index (χ2v) is 5.28. The van der Waals surface area contributed by atoms with Crippen molar-refractivity contribution in [2.24, 2.45) is 0 Å². The summed E-state index contributed by atoms with van der Waals surface area (Å²) in [6, 6.07) is 0. The molecule has 0 spiro atoms. The number of nitrogens with zero attached hydrogens (tertiary/aromatic N) is 4. The smallest absolute Gasteiger partial charge is 0.273 e. The first-order valence-corrected chi connectivity index (χ1v) is 7.65. The maximum absolute atomic E-state index is 12.4. The van der Waals surface area contributed by atoms with Crippen molar-refractivity contribution >= 4 is 17.2 Å². The van der Waals surface area contributed by atoms with E-state index < -0.39 is 0 Å². The quantitative estimate of drug-likeness (QED) is 0.821. The molecule has 0 unspecified atom stereocenters. The van der Waals surface area contributed by atoms with E-state index in [2.05, 4.69) is 28.8 Å². The highest BCUT2D eigenvalue weighted by Gasteiger charge is 2.18. The van der Waals surface area contributed by atoms with E-state index in [0.29, 0.717) is 11.4 Å². The zero-order chi connectivity index (χ0) is 14.4. The molecule has 0 aliphatic carbocycles. The molecule has 5 nitrogen and oxygen atoms in total. The highest BCUT2D eigenvalue weighted by Crippen LogP contribution is 2.21. The number of aromatic nitrogens is 3. The van der Waals surface area contributed by atoms with Crippen molar-refractivity contribution in [2.75, 3.05) is 13.1 Å². The van der Waals surface area contributed by atoms with Gasteiger partial charge in [-0.15, -0.1) is 11.3 Å². The van der Waals surface area contributed by atoms with Crippen LogP contribution < -0.4 is 0 Å². The fourth-order valence-electron chi connectivity index (χ4n) is 1.92. The summed E-state index contributed by atoms with van der Waals surface area (Å²) in [6.07, 6.45) is 6.80. The summed E-state index contributed by atoms with van der Waals surface area (Å²) in [7, 11) is 0. The lowest BCUT2D eigenvalue weighted by Crippen LogP contribution is -2.32. The van der Waals surface area contributed by atoms with Gasteiger partial charge in [-0.05, 0) is 12.8 Å². The second-order valence-electron chi connectivity index (χ2n) is 4.42. The lowest BCUT2D eigenvalue weighted by atomic mass is 10.3. The monoisotopic (exact) mass is 290 g/mol. The minimum absolute atomic E-state index is 0.0000836. The lowest BCUT2D eigenvalue weighted by Gasteiger charge is -2.20. The van der Waals surface area contributed by atoms with Gasteiger partial charge in [0.25, 0.3) is 5.91 Å². The van der Waals surface area contributed by atoms with Crippen LogP contribution in [-0.2, 0) is 0 Å². The number of hydrogen-bond donors (Lipinski definition) is 0. The number of thiazole rings is 1. The molecule has 0 radical (unpaired) electrons. The van der Waals surface area contributed by atoms with E-state index in [4.69, 9.17) is 0 Å². The number of hydrogen-bond acceptors (Lipinski definition) is 5. The van der Waals surface area contributed by atoms with Crippen LogP contribution in [0.4, 0.5) is 0 Å². The summed E-state index contributed by atoms with van der Waals surface area (Å²) in [5, 5.41) is 2.53. The molecule has 106 valence electrons. The van der Waals surface area contributed by atoms with Gasteiger partial charge in [-0.3, -0.25) is 14.8 Å². The first-order valence-electron chi connectivity index (χ1n) is 6.77. The minimum Gasteiger partial charge on any atom is -0.337 e. The summed E-state index contributed by atoms with van der Waals surface area (Å²) >= 11 is 1.42. The van der Waals surface area contributed by atoms with Crippen LogP contribution >= 0.6 is 11.3 Å². The van der Waals surface area contributed by atoms with E-state index in [1.807, 2.05) is 4.90 Å². The zero-order valence-corrected chi connectivity index (χ0v) is 12.6. The first kappa shape index (κ1) is 14.6. The van der Waals surface area contributed by atoms with Gasteiger partial charge in [0.2, 0.25) is 0 Å². The van der Waals surface area contributed by atoms with Gasteiger partial charge in [-0.25, -0.2) is 4.98 Å². The molecule has 1 amide bonds. The van der Waals surface area contributed by atoms with Gasteiger partial charge in [0, 0.05) is 30.9 Å². The molecule has 20 heavy (non-hydrogen) atoms. The van der Waals surface area contributed by atoms with Crippen molar-refractivity contribution in [3.05, 3.63) is 29.7 Å². The Morgan fingerprint density at radius 3 is 2.60 bits per heavy atom. The van der Waals surface area contributed by atoms with E-state index in [1.165, 1.54) is 11.3 Å². The van der Waals surface area contributed by atoms with Gasteiger partial charge in [0.15, 0.2) is 0 Å². The summed E-state index contributed by atoms with van der Waals surface area (Å²) in [5.74, 6) is 0.0000836. The van der Waals surface area contributed by atoms with Gasteiger partial charge in [-0.1, -0.05) is 13.8 Å². The first-order chi connectivity index (χ1) is 9.76. The number of rotatable bonds is 6. The van der Waals surface area contributed by atoms with Crippen molar-refractivity contribution in [1.29, 1.82) is 0 Å². The van der Waals surface area contributed by atoms with Crippen LogP contribution in [0.15, 0.2) is 24.0 Å². The fourth-order valence-corrected chi connectivity index (χ4v) is 2.67. The van der Waals surface area contributed by atoms with E-state index in [-0.39, 0.29) is 5.91 Å². The molecule has 2 aromatic rings. The van der Waals surface area contributed by atoms with Gasteiger partial charge in [0.05, 0.1) is 6.20 Å².